The summed E-state index contributed by atoms with van der Waals surface area (Å²) in [6, 6.07) is 15.3. The first-order chi connectivity index (χ1) is 13.5. The molecular formula is C22H23N3O2S. The number of thiazole rings is 1. The van der Waals surface area contributed by atoms with Crippen molar-refractivity contribution < 1.29 is 9.90 Å². The number of nitrogens with zero attached hydrogens (tertiary/aromatic N) is 2. The van der Waals surface area contributed by atoms with E-state index in [-0.39, 0.29) is 5.91 Å². The van der Waals surface area contributed by atoms with Gasteiger partial charge in [-0.25, -0.2) is 4.98 Å². The smallest absolute Gasteiger partial charge is 0.256 e. The summed E-state index contributed by atoms with van der Waals surface area (Å²) in [6.07, 6.45) is 2.15. The van der Waals surface area contributed by atoms with E-state index in [0.717, 1.165) is 51.8 Å². The molecule has 0 radical (unpaired) electrons. The fourth-order valence-corrected chi connectivity index (χ4v) is 4.59. The lowest BCUT2D eigenvalue weighted by Crippen LogP contribution is -2.15. The van der Waals surface area contributed by atoms with Gasteiger partial charge in [0, 0.05) is 31.0 Å². The van der Waals surface area contributed by atoms with Crippen LogP contribution in [0.25, 0.3) is 10.6 Å². The number of carbonyl (C=O) groups excluding carboxylic acids is 1. The van der Waals surface area contributed by atoms with Crippen molar-refractivity contribution in [3.8, 4) is 10.6 Å². The Bertz CT molecular complexity index is 998. The van der Waals surface area contributed by atoms with Crippen LogP contribution in [-0.2, 0) is 6.42 Å². The minimum atomic E-state index is -0.447. The van der Waals surface area contributed by atoms with E-state index in [9.17, 15) is 9.90 Å². The van der Waals surface area contributed by atoms with Crippen LogP contribution in [0.2, 0.25) is 0 Å². The first-order valence-corrected chi connectivity index (χ1v) is 10.2. The van der Waals surface area contributed by atoms with E-state index in [1.807, 2.05) is 67.5 Å². The van der Waals surface area contributed by atoms with Crippen LogP contribution in [0.5, 0.6) is 0 Å². The number of hydrogen-bond acceptors (Lipinski definition) is 5. The van der Waals surface area contributed by atoms with Crippen molar-refractivity contribution in [1.29, 1.82) is 0 Å². The molecule has 6 heteroatoms. The van der Waals surface area contributed by atoms with Crippen LogP contribution in [0.15, 0.2) is 48.5 Å². The molecule has 1 heterocycles. The molecule has 0 spiro atoms. The maximum atomic E-state index is 13.1. The predicted octanol–water partition coefficient (Wildman–Crippen LogP) is 4.50. The lowest BCUT2D eigenvalue weighted by atomic mass is 10.0. The molecule has 0 bridgehead atoms. The van der Waals surface area contributed by atoms with Crippen LogP contribution in [0, 0.1) is 0 Å². The van der Waals surface area contributed by atoms with Crippen molar-refractivity contribution in [3.63, 3.8) is 0 Å². The SMILES string of the molecule is CN(C)c1ccc(-c2nc3c(s2)C(O)CCC3)c(C(=O)Nc2ccccc2)c1. The van der Waals surface area contributed by atoms with E-state index in [2.05, 4.69) is 5.32 Å². The number of anilines is 2. The van der Waals surface area contributed by atoms with Crippen molar-refractivity contribution in [2.75, 3.05) is 24.3 Å². The number of para-hydroxylation sites is 1. The number of aliphatic hydroxyl groups excluding tert-OH is 1. The van der Waals surface area contributed by atoms with Gasteiger partial charge in [-0.2, -0.15) is 0 Å². The summed E-state index contributed by atoms with van der Waals surface area (Å²) in [5.41, 5.74) is 4.04. The molecule has 5 nitrogen and oxygen atoms in total. The van der Waals surface area contributed by atoms with Gasteiger partial charge in [0.1, 0.15) is 5.01 Å². The fourth-order valence-electron chi connectivity index (χ4n) is 3.42. The highest BCUT2D eigenvalue weighted by Crippen LogP contribution is 2.39. The monoisotopic (exact) mass is 393 g/mol. The first-order valence-electron chi connectivity index (χ1n) is 9.39. The van der Waals surface area contributed by atoms with E-state index in [0.29, 0.717) is 5.56 Å². The number of hydrogen-bond donors (Lipinski definition) is 2. The Labute approximate surface area is 168 Å². The van der Waals surface area contributed by atoms with Gasteiger partial charge < -0.3 is 15.3 Å². The molecule has 0 saturated carbocycles. The van der Waals surface area contributed by atoms with Crippen molar-refractivity contribution in [2.45, 2.75) is 25.4 Å². The molecule has 1 amide bonds. The fraction of sp³-hybridized carbons (Fsp3) is 0.273. The Morgan fingerprint density at radius 3 is 2.71 bits per heavy atom. The highest BCUT2D eigenvalue weighted by Gasteiger charge is 2.25. The van der Waals surface area contributed by atoms with E-state index < -0.39 is 6.10 Å². The normalized spacial score (nSPS) is 15.8. The number of carbonyl (C=O) groups is 1. The van der Waals surface area contributed by atoms with E-state index in [1.54, 1.807) is 0 Å². The highest BCUT2D eigenvalue weighted by molar-refractivity contribution is 7.15. The summed E-state index contributed by atoms with van der Waals surface area (Å²) >= 11 is 1.49. The lowest BCUT2D eigenvalue weighted by Gasteiger charge is -2.16. The summed E-state index contributed by atoms with van der Waals surface area (Å²) in [7, 11) is 3.90. The molecule has 1 aliphatic rings. The van der Waals surface area contributed by atoms with Crippen LogP contribution < -0.4 is 10.2 Å². The van der Waals surface area contributed by atoms with Crippen LogP contribution in [0.1, 0.15) is 39.9 Å². The van der Waals surface area contributed by atoms with Crippen molar-refractivity contribution in [1.82, 2.24) is 4.98 Å². The maximum absolute atomic E-state index is 13.1. The van der Waals surface area contributed by atoms with Gasteiger partial charge in [-0.15, -0.1) is 11.3 Å². The van der Waals surface area contributed by atoms with Gasteiger partial charge in [0.2, 0.25) is 0 Å². The molecule has 1 aromatic heterocycles. The Morgan fingerprint density at radius 2 is 2.00 bits per heavy atom. The summed E-state index contributed by atoms with van der Waals surface area (Å²) in [5.74, 6) is -0.168. The van der Waals surface area contributed by atoms with Gasteiger partial charge >= 0.3 is 0 Å². The number of aromatic nitrogens is 1. The number of rotatable bonds is 4. The molecule has 0 saturated heterocycles. The van der Waals surface area contributed by atoms with Crippen LogP contribution >= 0.6 is 11.3 Å². The van der Waals surface area contributed by atoms with Crippen molar-refractivity contribution >= 4 is 28.6 Å². The second-order valence-corrected chi connectivity index (χ2v) is 8.21. The molecule has 4 rings (SSSR count). The van der Waals surface area contributed by atoms with Crippen molar-refractivity contribution in [3.05, 3.63) is 64.7 Å². The average Bonchev–Trinajstić information content (AvgIpc) is 3.14. The predicted molar refractivity (Wildman–Crippen MR) is 114 cm³/mol. The molecule has 2 aromatic carbocycles. The van der Waals surface area contributed by atoms with Gasteiger partial charge in [0.05, 0.1) is 22.2 Å². The second-order valence-electron chi connectivity index (χ2n) is 7.18. The largest absolute Gasteiger partial charge is 0.388 e. The Balaban J connectivity index is 1.76. The van der Waals surface area contributed by atoms with Gasteiger partial charge in [-0.1, -0.05) is 18.2 Å². The zero-order valence-electron chi connectivity index (χ0n) is 16.0. The maximum Gasteiger partial charge on any atom is 0.256 e. The number of nitrogens with one attached hydrogen (secondary N) is 1. The standard InChI is InChI=1S/C22H23N3O2S/c1-25(2)15-11-12-16(22-24-18-9-6-10-19(26)20(18)28-22)17(13-15)21(27)23-14-7-4-3-5-8-14/h3-5,7-8,11-13,19,26H,6,9-10H2,1-2H3,(H,23,27). The quantitative estimate of drug-likeness (QED) is 0.685. The molecule has 3 aromatic rings. The van der Waals surface area contributed by atoms with E-state index in [1.165, 1.54) is 11.3 Å². The first kappa shape index (κ1) is 18.7. The van der Waals surface area contributed by atoms with Crippen molar-refractivity contribution in [2.24, 2.45) is 0 Å². The summed E-state index contributed by atoms with van der Waals surface area (Å²) in [6.45, 7) is 0. The molecule has 2 N–H and O–H groups in total. The Kier molecular flexibility index (Phi) is 5.15. The molecule has 1 unspecified atom stereocenters. The summed E-state index contributed by atoms with van der Waals surface area (Å²) < 4.78 is 0. The molecule has 144 valence electrons. The van der Waals surface area contributed by atoms with Gasteiger partial charge in [0.15, 0.2) is 0 Å². The number of amides is 1. The molecule has 1 aliphatic carbocycles. The molecule has 28 heavy (non-hydrogen) atoms. The highest BCUT2D eigenvalue weighted by atomic mass is 32.1. The average molecular weight is 394 g/mol. The van der Waals surface area contributed by atoms with Gasteiger partial charge in [-0.05, 0) is 49.6 Å². The van der Waals surface area contributed by atoms with E-state index >= 15 is 0 Å². The number of fused-ring (bicyclic) bond motifs is 1. The van der Waals surface area contributed by atoms with Crippen LogP contribution in [0.3, 0.4) is 0 Å². The Morgan fingerprint density at radius 1 is 1.21 bits per heavy atom. The molecule has 0 aliphatic heterocycles. The van der Waals surface area contributed by atoms with Crippen LogP contribution in [0.4, 0.5) is 11.4 Å². The molecule has 1 atom stereocenters. The number of benzene rings is 2. The minimum absolute atomic E-state index is 0.168. The minimum Gasteiger partial charge on any atom is -0.388 e. The molecule has 0 fully saturated rings. The van der Waals surface area contributed by atoms with Crippen LogP contribution in [-0.4, -0.2) is 30.1 Å². The van der Waals surface area contributed by atoms with E-state index in [4.69, 9.17) is 4.98 Å². The lowest BCUT2D eigenvalue weighted by molar-refractivity contribution is 0.102. The summed E-state index contributed by atoms with van der Waals surface area (Å²) in [5, 5.41) is 14.1. The number of aliphatic hydroxyl groups is 1. The van der Waals surface area contributed by atoms with Gasteiger partial charge in [0.25, 0.3) is 5.91 Å². The Hall–Kier alpha value is -2.70. The van der Waals surface area contributed by atoms with Gasteiger partial charge in [-0.3, -0.25) is 4.79 Å². The topological polar surface area (TPSA) is 65.5 Å². The number of aryl methyl sites for hydroxylation is 1. The third kappa shape index (κ3) is 3.66. The summed E-state index contributed by atoms with van der Waals surface area (Å²) in [4.78, 5) is 20.8. The second kappa shape index (κ2) is 7.73. The zero-order chi connectivity index (χ0) is 19.7. The third-order valence-electron chi connectivity index (χ3n) is 4.95. The third-order valence-corrected chi connectivity index (χ3v) is 6.18. The zero-order valence-corrected chi connectivity index (χ0v) is 16.8. The molecular weight excluding hydrogens is 370 g/mol.